The molecule has 2 aliphatic carbocycles. The first-order valence-corrected chi connectivity index (χ1v) is 9.51. The Bertz CT molecular complexity index is 949. The Morgan fingerprint density at radius 1 is 0.893 bits per heavy atom. The molecule has 1 aliphatic heterocycles. The van der Waals surface area contributed by atoms with Gasteiger partial charge < -0.3 is 4.74 Å². The molecule has 2 amide bonds. The van der Waals surface area contributed by atoms with Gasteiger partial charge in [-0.25, -0.2) is 4.79 Å². The predicted octanol–water partition coefficient (Wildman–Crippen LogP) is 3.36. The number of esters is 1. The smallest absolute Gasteiger partial charge is 0.338 e. The monoisotopic (exact) mass is 373 g/mol. The van der Waals surface area contributed by atoms with Crippen molar-refractivity contribution in [2.75, 3.05) is 4.90 Å². The normalized spacial score (nSPS) is 27.4. The largest absolute Gasteiger partial charge is 0.457 e. The summed E-state index contributed by atoms with van der Waals surface area (Å²) in [7, 11) is 0. The summed E-state index contributed by atoms with van der Waals surface area (Å²) >= 11 is 0. The third-order valence-electron chi connectivity index (χ3n) is 6.04. The van der Waals surface area contributed by atoms with Crippen molar-refractivity contribution in [2.24, 2.45) is 23.7 Å². The number of fused-ring (bicyclic) bond motifs is 5. The van der Waals surface area contributed by atoms with E-state index in [4.69, 9.17) is 4.74 Å². The summed E-state index contributed by atoms with van der Waals surface area (Å²) in [5.74, 6) is -0.755. The van der Waals surface area contributed by atoms with Gasteiger partial charge >= 0.3 is 5.97 Å². The first-order chi connectivity index (χ1) is 13.6. The molecule has 28 heavy (non-hydrogen) atoms. The number of allylic oxidation sites excluding steroid dienone is 2. The fourth-order valence-corrected chi connectivity index (χ4v) is 4.71. The maximum Gasteiger partial charge on any atom is 0.338 e. The third-order valence-corrected chi connectivity index (χ3v) is 6.04. The van der Waals surface area contributed by atoms with Gasteiger partial charge in [-0.05, 0) is 48.1 Å². The number of hydrogen-bond donors (Lipinski definition) is 0. The van der Waals surface area contributed by atoms with Gasteiger partial charge in [-0.1, -0.05) is 42.5 Å². The van der Waals surface area contributed by atoms with Crippen LogP contribution in [0.1, 0.15) is 22.3 Å². The summed E-state index contributed by atoms with van der Waals surface area (Å²) in [6, 6.07) is 15.9. The number of benzene rings is 2. The lowest BCUT2D eigenvalue weighted by Crippen LogP contribution is -2.32. The van der Waals surface area contributed by atoms with Crippen LogP contribution in [0.25, 0.3) is 0 Å². The molecule has 0 unspecified atom stereocenters. The average Bonchev–Trinajstić information content (AvgIpc) is 3.41. The number of anilines is 1. The van der Waals surface area contributed by atoms with E-state index in [9.17, 15) is 14.4 Å². The highest BCUT2D eigenvalue weighted by Gasteiger charge is 2.59. The quantitative estimate of drug-likeness (QED) is 0.468. The minimum absolute atomic E-state index is 0.119. The second kappa shape index (κ2) is 6.44. The van der Waals surface area contributed by atoms with E-state index in [2.05, 4.69) is 12.2 Å². The van der Waals surface area contributed by atoms with Gasteiger partial charge in [-0.2, -0.15) is 0 Å². The van der Waals surface area contributed by atoms with Crippen molar-refractivity contribution >= 4 is 23.5 Å². The van der Waals surface area contributed by atoms with Crippen LogP contribution in [-0.2, 0) is 20.9 Å². The number of carbonyl (C=O) groups excluding carboxylic acids is 3. The van der Waals surface area contributed by atoms with E-state index < -0.39 is 5.97 Å². The number of ether oxygens (including phenoxy) is 1. The molecule has 3 aliphatic rings. The van der Waals surface area contributed by atoms with Crippen molar-refractivity contribution in [3.63, 3.8) is 0 Å². The molecule has 5 heteroatoms. The Labute approximate surface area is 162 Å². The first kappa shape index (κ1) is 16.9. The molecule has 140 valence electrons. The zero-order chi connectivity index (χ0) is 19.3. The van der Waals surface area contributed by atoms with Crippen LogP contribution in [0.3, 0.4) is 0 Å². The molecule has 4 atom stereocenters. The molecule has 0 radical (unpaired) electrons. The summed E-state index contributed by atoms with van der Waals surface area (Å²) in [5, 5.41) is 0. The predicted molar refractivity (Wildman–Crippen MR) is 102 cm³/mol. The van der Waals surface area contributed by atoms with Crippen molar-refractivity contribution < 1.29 is 19.1 Å². The van der Waals surface area contributed by atoms with Crippen molar-refractivity contribution in [2.45, 2.75) is 13.0 Å². The summed E-state index contributed by atoms with van der Waals surface area (Å²) in [5.41, 5.74) is 1.82. The van der Waals surface area contributed by atoms with Crippen LogP contribution in [-0.4, -0.2) is 17.8 Å². The minimum atomic E-state index is -0.436. The van der Waals surface area contributed by atoms with E-state index in [-0.39, 0.29) is 42.1 Å². The van der Waals surface area contributed by atoms with Crippen LogP contribution in [0.15, 0.2) is 66.7 Å². The SMILES string of the molecule is O=C(OCc1ccccc1)c1ccc(N2C(=O)[C@@H]3[C@H](C2=O)[C@H]2C=C[C@H]3C2)cc1. The number of imide groups is 1. The van der Waals surface area contributed by atoms with Crippen molar-refractivity contribution in [3.05, 3.63) is 77.9 Å². The van der Waals surface area contributed by atoms with E-state index >= 15 is 0 Å². The fourth-order valence-electron chi connectivity index (χ4n) is 4.71. The highest BCUT2D eigenvalue weighted by molar-refractivity contribution is 6.22. The summed E-state index contributed by atoms with van der Waals surface area (Å²) in [4.78, 5) is 39.2. The highest BCUT2D eigenvalue weighted by Crippen LogP contribution is 2.53. The van der Waals surface area contributed by atoms with E-state index in [1.807, 2.05) is 30.3 Å². The van der Waals surface area contributed by atoms with E-state index in [1.165, 1.54) is 4.90 Å². The molecule has 2 aromatic carbocycles. The topological polar surface area (TPSA) is 63.7 Å². The number of rotatable bonds is 4. The number of hydrogen-bond acceptors (Lipinski definition) is 4. The maximum absolute atomic E-state index is 12.8. The Kier molecular flexibility index (Phi) is 3.90. The summed E-state index contributed by atoms with van der Waals surface area (Å²) < 4.78 is 5.32. The van der Waals surface area contributed by atoms with Crippen LogP contribution >= 0.6 is 0 Å². The van der Waals surface area contributed by atoms with Crippen LogP contribution < -0.4 is 4.90 Å². The number of nitrogens with zero attached hydrogens (tertiary/aromatic N) is 1. The van der Waals surface area contributed by atoms with Crippen LogP contribution in [0, 0.1) is 23.7 Å². The Morgan fingerprint density at radius 2 is 1.50 bits per heavy atom. The third kappa shape index (κ3) is 2.58. The van der Waals surface area contributed by atoms with Crippen molar-refractivity contribution in [1.29, 1.82) is 0 Å². The molecular weight excluding hydrogens is 354 g/mol. The van der Waals surface area contributed by atoms with Gasteiger partial charge in [0.25, 0.3) is 0 Å². The van der Waals surface area contributed by atoms with Gasteiger partial charge in [0.2, 0.25) is 11.8 Å². The Hall–Kier alpha value is -3.21. The van der Waals surface area contributed by atoms with E-state index in [0.717, 1.165) is 12.0 Å². The molecule has 0 N–H and O–H groups in total. The second-order valence-electron chi connectivity index (χ2n) is 7.62. The van der Waals surface area contributed by atoms with Crippen molar-refractivity contribution in [3.8, 4) is 0 Å². The van der Waals surface area contributed by atoms with Gasteiger partial charge in [-0.3, -0.25) is 14.5 Å². The lowest BCUT2D eigenvalue weighted by molar-refractivity contribution is -0.123. The summed E-state index contributed by atoms with van der Waals surface area (Å²) in [6.45, 7) is 0.198. The number of amides is 2. The molecule has 5 nitrogen and oxygen atoms in total. The molecule has 0 spiro atoms. The molecule has 2 aromatic rings. The van der Waals surface area contributed by atoms with Crippen LogP contribution in [0.5, 0.6) is 0 Å². The fraction of sp³-hybridized carbons (Fsp3) is 0.261. The van der Waals surface area contributed by atoms with E-state index in [1.54, 1.807) is 24.3 Å². The second-order valence-corrected chi connectivity index (χ2v) is 7.62. The standard InChI is InChI=1S/C23H19NO4/c25-21-19-16-6-7-17(12-16)20(19)22(26)24(21)18-10-8-15(9-11-18)23(27)28-13-14-4-2-1-3-5-14/h1-11,16-17,19-20H,12-13H2/t16-,17-,19-,20+/m0/s1. The van der Waals surface area contributed by atoms with E-state index in [0.29, 0.717) is 11.3 Å². The minimum Gasteiger partial charge on any atom is -0.457 e. The lowest BCUT2D eigenvalue weighted by Gasteiger charge is -2.17. The Balaban J connectivity index is 1.30. The summed E-state index contributed by atoms with van der Waals surface area (Å²) in [6.07, 6.45) is 5.06. The zero-order valence-electron chi connectivity index (χ0n) is 15.2. The highest BCUT2D eigenvalue weighted by atomic mass is 16.5. The zero-order valence-corrected chi connectivity index (χ0v) is 15.2. The molecule has 5 rings (SSSR count). The van der Waals surface area contributed by atoms with Gasteiger partial charge in [0.05, 0.1) is 23.1 Å². The Morgan fingerprint density at radius 3 is 2.11 bits per heavy atom. The molecular formula is C23H19NO4. The van der Waals surface area contributed by atoms with Gasteiger partial charge in [-0.15, -0.1) is 0 Å². The van der Waals surface area contributed by atoms with Gasteiger partial charge in [0, 0.05) is 0 Å². The molecule has 0 aromatic heterocycles. The lowest BCUT2D eigenvalue weighted by atomic mass is 9.85. The molecule has 1 saturated heterocycles. The van der Waals surface area contributed by atoms with Gasteiger partial charge in [0.15, 0.2) is 0 Å². The molecule has 1 saturated carbocycles. The van der Waals surface area contributed by atoms with Gasteiger partial charge in [0.1, 0.15) is 6.61 Å². The number of carbonyl (C=O) groups is 3. The van der Waals surface area contributed by atoms with Crippen LogP contribution in [0.4, 0.5) is 5.69 Å². The van der Waals surface area contributed by atoms with Crippen molar-refractivity contribution in [1.82, 2.24) is 0 Å². The molecule has 1 heterocycles. The first-order valence-electron chi connectivity index (χ1n) is 9.51. The average molecular weight is 373 g/mol. The van der Waals surface area contributed by atoms with Crippen LogP contribution in [0.2, 0.25) is 0 Å². The maximum atomic E-state index is 12.8. The molecule has 2 fully saturated rings. The molecule has 2 bridgehead atoms.